The van der Waals surface area contributed by atoms with Crippen LogP contribution in [0, 0.1) is 5.92 Å². The monoisotopic (exact) mass is 215 g/mol. The highest BCUT2D eigenvalue weighted by molar-refractivity contribution is 5.30. The fraction of sp³-hybridized carbons (Fsp3) is 0.700. The molecule has 15 heavy (non-hydrogen) atoms. The second-order valence-electron chi connectivity index (χ2n) is 4.31. The Morgan fingerprint density at radius 3 is 3.00 bits per heavy atom. The van der Waals surface area contributed by atoms with Gasteiger partial charge in [-0.3, -0.25) is 4.68 Å². The fourth-order valence-corrected chi connectivity index (χ4v) is 2.18. The Hall–Kier alpha value is -1.13. The summed E-state index contributed by atoms with van der Waals surface area (Å²) in [4.78, 5) is 0. The molecule has 0 aliphatic heterocycles. The van der Waals surface area contributed by atoms with Crippen molar-refractivity contribution in [2.24, 2.45) is 5.92 Å². The summed E-state index contributed by atoms with van der Waals surface area (Å²) >= 11 is 0. The largest absolute Gasteiger partial charge is 0.396 e. The van der Waals surface area contributed by atoms with Gasteiger partial charge in [-0.05, 0) is 18.8 Å². The Kier molecular flexibility index (Phi) is 2.63. The molecular weight excluding hydrogens is 200 g/mol. The first-order valence-electron chi connectivity index (χ1n) is 5.21. The maximum Gasteiger partial charge on any atom is 0.248 e. The van der Waals surface area contributed by atoms with Crippen molar-refractivity contribution in [3.05, 3.63) is 12.4 Å². The van der Waals surface area contributed by atoms with Gasteiger partial charge in [0.25, 0.3) is 0 Å². The molecule has 1 aliphatic carbocycles. The molecule has 1 saturated carbocycles. The standard InChI is InChI=1S/C10H15F2N3/c11-10(12)3-1-2-8(4-10)6-15-7-9(13)5-14-15/h5,7-8H,1-4,6,13H2. The predicted octanol–water partition coefficient (Wildman–Crippen LogP) is 2.29. The molecular formula is C10H15F2N3. The van der Waals surface area contributed by atoms with E-state index in [4.69, 9.17) is 5.73 Å². The van der Waals surface area contributed by atoms with Gasteiger partial charge in [0.1, 0.15) is 0 Å². The second-order valence-corrected chi connectivity index (χ2v) is 4.31. The van der Waals surface area contributed by atoms with E-state index < -0.39 is 5.92 Å². The van der Waals surface area contributed by atoms with Gasteiger partial charge in [0.15, 0.2) is 0 Å². The highest BCUT2D eigenvalue weighted by Crippen LogP contribution is 2.37. The molecule has 0 aromatic carbocycles. The molecule has 1 fully saturated rings. The summed E-state index contributed by atoms with van der Waals surface area (Å²) in [5.74, 6) is -2.46. The first-order valence-corrected chi connectivity index (χ1v) is 5.21. The lowest BCUT2D eigenvalue weighted by Gasteiger charge is -2.28. The van der Waals surface area contributed by atoms with Crippen molar-refractivity contribution in [3.63, 3.8) is 0 Å². The van der Waals surface area contributed by atoms with Crippen LogP contribution in [0.4, 0.5) is 14.5 Å². The van der Waals surface area contributed by atoms with E-state index in [2.05, 4.69) is 5.10 Å². The first kappa shape index (κ1) is 10.4. The van der Waals surface area contributed by atoms with E-state index in [0.29, 0.717) is 18.7 Å². The van der Waals surface area contributed by atoms with E-state index in [-0.39, 0.29) is 18.8 Å². The summed E-state index contributed by atoms with van der Waals surface area (Å²) in [7, 11) is 0. The first-order chi connectivity index (χ1) is 7.05. The van der Waals surface area contributed by atoms with E-state index in [1.54, 1.807) is 17.1 Å². The Morgan fingerprint density at radius 1 is 1.60 bits per heavy atom. The molecule has 2 N–H and O–H groups in total. The predicted molar refractivity (Wildman–Crippen MR) is 53.5 cm³/mol. The van der Waals surface area contributed by atoms with Crippen LogP contribution in [0.25, 0.3) is 0 Å². The zero-order valence-electron chi connectivity index (χ0n) is 8.50. The summed E-state index contributed by atoms with van der Waals surface area (Å²) in [5.41, 5.74) is 6.09. The van der Waals surface area contributed by atoms with Gasteiger partial charge in [-0.1, -0.05) is 0 Å². The number of alkyl halides is 2. The van der Waals surface area contributed by atoms with Gasteiger partial charge in [-0.2, -0.15) is 5.10 Å². The summed E-state index contributed by atoms with van der Waals surface area (Å²) in [6.07, 6.45) is 4.70. The molecule has 0 radical (unpaired) electrons. The van der Waals surface area contributed by atoms with Crippen LogP contribution in [0.1, 0.15) is 25.7 Å². The summed E-state index contributed by atoms with van der Waals surface area (Å²) in [5, 5.41) is 4.00. The van der Waals surface area contributed by atoms with E-state index in [0.717, 1.165) is 6.42 Å². The van der Waals surface area contributed by atoms with Crippen LogP contribution in [0.5, 0.6) is 0 Å². The van der Waals surface area contributed by atoms with E-state index in [1.165, 1.54) is 0 Å². The molecule has 2 rings (SSSR count). The number of nitrogen functional groups attached to an aromatic ring is 1. The molecule has 1 aromatic heterocycles. The lowest BCUT2D eigenvalue weighted by molar-refractivity contribution is -0.0551. The van der Waals surface area contributed by atoms with Gasteiger partial charge >= 0.3 is 0 Å². The van der Waals surface area contributed by atoms with Gasteiger partial charge in [0.05, 0.1) is 11.9 Å². The number of nitrogens with zero attached hydrogens (tertiary/aromatic N) is 2. The minimum atomic E-state index is -2.48. The number of rotatable bonds is 2. The number of aromatic nitrogens is 2. The summed E-state index contributed by atoms with van der Waals surface area (Å²) in [6.45, 7) is 0.548. The van der Waals surface area contributed by atoms with Crippen LogP contribution in [0.15, 0.2) is 12.4 Å². The van der Waals surface area contributed by atoms with Gasteiger partial charge < -0.3 is 5.73 Å². The van der Waals surface area contributed by atoms with Crippen molar-refractivity contribution in [1.82, 2.24) is 9.78 Å². The Morgan fingerprint density at radius 2 is 2.40 bits per heavy atom. The van der Waals surface area contributed by atoms with E-state index >= 15 is 0 Å². The summed E-state index contributed by atoms with van der Waals surface area (Å²) in [6, 6.07) is 0. The van der Waals surface area contributed by atoms with Crippen LogP contribution >= 0.6 is 0 Å². The fourth-order valence-electron chi connectivity index (χ4n) is 2.18. The molecule has 84 valence electrons. The van der Waals surface area contributed by atoms with Crippen molar-refractivity contribution in [2.45, 2.75) is 38.2 Å². The molecule has 0 spiro atoms. The second kappa shape index (κ2) is 3.79. The average Bonchev–Trinajstić information content (AvgIpc) is 2.49. The maximum atomic E-state index is 13.1. The quantitative estimate of drug-likeness (QED) is 0.822. The van der Waals surface area contributed by atoms with Gasteiger partial charge in [0, 0.05) is 25.6 Å². The summed E-state index contributed by atoms with van der Waals surface area (Å²) < 4.78 is 27.9. The third-order valence-electron chi connectivity index (χ3n) is 2.84. The van der Waals surface area contributed by atoms with E-state index in [1.807, 2.05) is 0 Å². The topological polar surface area (TPSA) is 43.8 Å². The number of nitrogens with two attached hydrogens (primary N) is 1. The third-order valence-corrected chi connectivity index (χ3v) is 2.84. The van der Waals surface area contributed by atoms with Crippen LogP contribution < -0.4 is 5.73 Å². The minimum absolute atomic E-state index is 0.0211. The zero-order valence-corrected chi connectivity index (χ0v) is 8.50. The van der Waals surface area contributed by atoms with Gasteiger partial charge in [-0.25, -0.2) is 8.78 Å². The van der Waals surface area contributed by atoms with Gasteiger partial charge in [0.2, 0.25) is 5.92 Å². The Labute approximate surface area is 87.3 Å². The van der Waals surface area contributed by atoms with Crippen LogP contribution in [0.2, 0.25) is 0 Å². The molecule has 5 heteroatoms. The van der Waals surface area contributed by atoms with E-state index in [9.17, 15) is 8.78 Å². The van der Waals surface area contributed by atoms with Crippen molar-refractivity contribution in [1.29, 1.82) is 0 Å². The number of hydrogen-bond donors (Lipinski definition) is 1. The van der Waals surface area contributed by atoms with Crippen molar-refractivity contribution in [3.8, 4) is 0 Å². The molecule has 3 nitrogen and oxygen atoms in total. The highest BCUT2D eigenvalue weighted by Gasteiger charge is 2.36. The molecule has 1 unspecified atom stereocenters. The van der Waals surface area contributed by atoms with Crippen molar-refractivity contribution < 1.29 is 8.78 Å². The average molecular weight is 215 g/mol. The smallest absolute Gasteiger partial charge is 0.248 e. The molecule has 1 aliphatic rings. The number of halogens is 2. The minimum Gasteiger partial charge on any atom is -0.396 e. The molecule has 1 heterocycles. The van der Waals surface area contributed by atoms with Crippen LogP contribution in [-0.4, -0.2) is 15.7 Å². The molecule has 0 bridgehead atoms. The normalized spacial score (nSPS) is 25.3. The lowest BCUT2D eigenvalue weighted by atomic mass is 9.86. The molecule has 1 aromatic rings. The highest BCUT2D eigenvalue weighted by atomic mass is 19.3. The lowest BCUT2D eigenvalue weighted by Crippen LogP contribution is -2.28. The Balaban J connectivity index is 1.95. The molecule has 1 atom stereocenters. The SMILES string of the molecule is Nc1cnn(CC2CCCC(F)(F)C2)c1. The zero-order chi connectivity index (χ0) is 10.9. The number of hydrogen-bond acceptors (Lipinski definition) is 2. The van der Waals surface area contributed by atoms with Crippen LogP contribution in [-0.2, 0) is 6.54 Å². The molecule has 0 saturated heterocycles. The van der Waals surface area contributed by atoms with Crippen molar-refractivity contribution >= 4 is 5.69 Å². The Bertz CT molecular complexity index is 335. The molecule has 0 amide bonds. The number of anilines is 1. The van der Waals surface area contributed by atoms with Crippen molar-refractivity contribution in [2.75, 3.05) is 5.73 Å². The van der Waals surface area contributed by atoms with Gasteiger partial charge in [-0.15, -0.1) is 0 Å². The maximum absolute atomic E-state index is 13.1. The third kappa shape index (κ3) is 2.67. The van der Waals surface area contributed by atoms with Crippen LogP contribution in [0.3, 0.4) is 0 Å².